The van der Waals surface area contributed by atoms with E-state index in [9.17, 15) is 0 Å². The van der Waals surface area contributed by atoms with Crippen LogP contribution < -0.4 is 0 Å². The van der Waals surface area contributed by atoms with Crippen molar-refractivity contribution in [3.63, 3.8) is 0 Å². The third-order valence-corrected chi connectivity index (χ3v) is 0. The predicted octanol–water partition coefficient (Wildman–Crippen LogP) is -5.13. The van der Waals surface area contributed by atoms with Gasteiger partial charge in [-0.25, -0.2) is 0 Å². The first-order valence-corrected chi connectivity index (χ1v) is 2.68. The van der Waals surface area contributed by atoms with Crippen molar-refractivity contribution in [1.29, 1.82) is 0 Å². The van der Waals surface area contributed by atoms with Crippen LogP contribution in [0.1, 0.15) is 2.85 Å². The van der Waals surface area contributed by atoms with Crippen LogP contribution in [0, 0.1) is 0 Å². The fourth-order valence-electron chi connectivity index (χ4n) is 0. The molecule has 53 valence electrons. The zero-order valence-electron chi connectivity index (χ0n) is 5.44. The minimum Gasteiger partial charge on any atom is -1.00 e. The Morgan fingerprint density at radius 1 is 1.00 bits per heavy atom. The first kappa shape index (κ1) is 29.5. The second-order valence-corrected chi connectivity index (χ2v) is 1.80. The molecule has 0 rings (SSSR count). The molecular formula is H12AlCaGaO4SiTa. The molecule has 9 heavy (non-hydrogen) atoms. The predicted molar refractivity (Wildman–Crippen MR) is 42.5 cm³/mol. The van der Waals surface area contributed by atoms with Crippen molar-refractivity contribution >= 4 is 83.9 Å². The SMILES string of the molecule is O[Si](O)(O)O.[AlH3].[Ca+2].[GaH3].[H-].[H-].[Ta]. The Morgan fingerprint density at radius 3 is 1.00 bits per heavy atom. The Bertz CT molecular complexity index is 43.6. The fourth-order valence-corrected chi connectivity index (χ4v) is 0. The summed E-state index contributed by atoms with van der Waals surface area (Å²) in [6.45, 7) is 0. The van der Waals surface area contributed by atoms with Crippen molar-refractivity contribution in [2.45, 2.75) is 0 Å². The zero-order chi connectivity index (χ0) is 4.50. The summed E-state index contributed by atoms with van der Waals surface area (Å²) in [7, 11) is -4.61. The molecule has 0 amide bonds. The van der Waals surface area contributed by atoms with Gasteiger partial charge in [-0.2, -0.15) is 0 Å². The molecule has 0 bridgehead atoms. The maximum Gasteiger partial charge on any atom is 0 e. The molecule has 1 radical (unpaired) electrons. The topological polar surface area (TPSA) is 80.9 Å². The van der Waals surface area contributed by atoms with Crippen LogP contribution in [0.15, 0.2) is 0 Å². The molecule has 0 aromatic heterocycles. The minimum absolute atomic E-state index is 0. The summed E-state index contributed by atoms with van der Waals surface area (Å²) in [5.41, 5.74) is 0. The van der Waals surface area contributed by atoms with E-state index in [4.69, 9.17) is 19.2 Å². The summed E-state index contributed by atoms with van der Waals surface area (Å²) in [5, 5.41) is 0. The second-order valence-electron chi connectivity index (χ2n) is 0.600. The van der Waals surface area contributed by atoms with Crippen molar-refractivity contribution in [3.8, 4) is 0 Å². The summed E-state index contributed by atoms with van der Waals surface area (Å²) >= 11 is 0. The normalized spacial score (nSPS) is 6.67. The van der Waals surface area contributed by atoms with E-state index in [2.05, 4.69) is 0 Å². The zero-order valence-corrected chi connectivity index (χ0v) is 9.86. The van der Waals surface area contributed by atoms with Gasteiger partial charge in [-0.1, -0.05) is 0 Å². The van der Waals surface area contributed by atoms with Crippen molar-refractivity contribution in [2.75, 3.05) is 0 Å². The summed E-state index contributed by atoms with van der Waals surface area (Å²) in [5.74, 6) is 0. The molecule has 9 heteroatoms. The van der Waals surface area contributed by atoms with Gasteiger partial charge in [-0.15, -0.1) is 0 Å². The summed E-state index contributed by atoms with van der Waals surface area (Å²) in [6, 6.07) is 0. The molecule has 0 spiro atoms. The third kappa shape index (κ3) is 91.8. The van der Waals surface area contributed by atoms with Gasteiger partial charge in [0.25, 0.3) is 0 Å². The quantitative estimate of drug-likeness (QED) is 0.295. The molecule has 0 saturated carbocycles. The van der Waals surface area contributed by atoms with E-state index >= 15 is 0 Å². The fraction of sp³-hybridized carbons (Fsp3) is 0. The summed E-state index contributed by atoms with van der Waals surface area (Å²) in [6.07, 6.45) is 0. The molecule has 0 aliphatic carbocycles. The van der Waals surface area contributed by atoms with E-state index in [-0.39, 0.29) is 100 Å². The Labute approximate surface area is 126 Å². The molecular weight excluding hydrogens is 410 g/mol. The molecule has 0 heterocycles. The molecule has 0 aromatic rings. The van der Waals surface area contributed by atoms with Crippen LogP contribution in [-0.4, -0.2) is 103 Å². The first-order valence-electron chi connectivity index (χ1n) is 0.894. The van der Waals surface area contributed by atoms with Crippen LogP contribution in [0.4, 0.5) is 0 Å². The molecule has 0 unspecified atom stereocenters. The van der Waals surface area contributed by atoms with E-state index in [1.807, 2.05) is 0 Å². The van der Waals surface area contributed by atoms with Crippen LogP contribution in [0.2, 0.25) is 0 Å². The van der Waals surface area contributed by atoms with E-state index in [0.717, 1.165) is 0 Å². The smallest absolute Gasteiger partial charge is 0 e. The monoisotopic (exact) mass is 421 g/mol. The second kappa shape index (κ2) is 13.8. The number of hydrogen-bond donors (Lipinski definition) is 4. The molecule has 0 aliphatic rings. The maximum atomic E-state index is 7.33. The van der Waals surface area contributed by atoms with Gasteiger partial charge in [0.15, 0.2) is 17.4 Å². The van der Waals surface area contributed by atoms with Crippen LogP contribution in [-0.2, 0) is 22.4 Å². The van der Waals surface area contributed by atoms with Crippen LogP contribution in [0.5, 0.6) is 0 Å². The molecule has 4 N–H and O–H groups in total. The molecule has 0 atom stereocenters. The summed E-state index contributed by atoms with van der Waals surface area (Å²) < 4.78 is 0. The van der Waals surface area contributed by atoms with E-state index < -0.39 is 9.05 Å². The van der Waals surface area contributed by atoms with Gasteiger partial charge in [0.2, 0.25) is 0 Å². The van der Waals surface area contributed by atoms with Crippen molar-refractivity contribution in [3.05, 3.63) is 0 Å². The van der Waals surface area contributed by atoms with Crippen molar-refractivity contribution in [1.82, 2.24) is 0 Å². The molecule has 0 saturated heterocycles. The van der Waals surface area contributed by atoms with Gasteiger partial charge in [-0.3, -0.25) is 0 Å². The van der Waals surface area contributed by atoms with Gasteiger partial charge < -0.3 is 22.0 Å². The van der Waals surface area contributed by atoms with Crippen LogP contribution in [0.25, 0.3) is 0 Å². The maximum absolute atomic E-state index is 7.33. The van der Waals surface area contributed by atoms with Crippen LogP contribution in [0.3, 0.4) is 0 Å². The molecule has 0 aliphatic heterocycles. The van der Waals surface area contributed by atoms with Gasteiger partial charge >= 0.3 is 66.6 Å². The largest absolute Gasteiger partial charge is 1.00 e. The average molecular weight is 422 g/mol. The van der Waals surface area contributed by atoms with Crippen molar-refractivity contribution in [2.24, 2.45) is 0 Å². The Morgan fingerprint density at radius 2 is 1.00 bits per heavy atom. The van der Waals surface area contributed by atoms with Gasteiger partial charge in [0.05, 0.1) is 0 Å². The number of hydrogen-bond acceptors (Lipinski definition) is 4. The average Bonchev–Trinajstić information content (AvgIpc) is 0.722. The van der Waals surface area contributed by atoms with Crippen molar-refractivity contribution < 1.29 is 44.4 Å². The van der Waals surface area contributed by atoms with E-state index in [1.54, 1.807) is 0 Å². The number of rotatable bonds is 0. The Balaban J connectivity index is -0.00000000533. The Hall–Kier alpha value is 3.23. The molecule has 0 fully saturated rings. The third-order valence-electron chi connectivity index (χ3n) is 0. The Kier molecular flexibility index (Phi) is 45.2. The summed E-state index contributed by atoms with van der Waals surface area (Å²) in [4.78, 5) is 29.3. The first-order chi connectivity index (χ1) is 2.00. The van der Waals surface area contributed by atoms with Crippen LogP contribution >= 0.6 is 0 Å². The van der Waals surface area contributed by atoms with Gasteiger partial charge in [0.1, 0.15) is 0 Å². The van der Waals surface area contributed by atoms with E-state index in [1.165, 1.54) is 0 Å². The van der Waals surface area contributed by atoms with Gasteiger partial charge in [0, 0.05) is 22.4 Å². The minimum atomic E-state index is -4.61. The standard InChI is InChI=1S/Al.Ca.Ga.H4O4Si.Ta.8H/c;;;1-5(2,3)4;;;;;;;;;/h;;;1-4H;;;;;;;;;/q;+2;;;;;;;;;;2*-1. The van der Waals surface area contributed by atoms with E-state index in [0.29, 0.717) is 0 Å². The van der Waals surface area contributed by atoms with Gasteiger partial charge in [-0.05, 0) is 0 Å². The molecule has 4 nitrogen and oxygen atoms in total. The molecule has 0 aromatic carbocycles.